The fourth-order valence-corrected chi connectivity index (χ4v) is 2.40. The van der Waals surface area contributed by atoms with Gasteiger partial charge in [-0.1, -0.05) is 0 Å². The van der Waals surface area contributed by atoms with Gasteiger partial charge in [-0.25, -0.2) is 4.98 Å². The van der Waals surface area contributed by atoms with Gasteiger partial charge in [0.05, 0.1) is 12.3 Å². The molecule has 0 atom stereocenters. The third kappa shape index (κ3) is 2.25. The van der Waals surface area contributed by atoms with Gasteiger partial charge in [-0.05, 0) is 41.9 Å². The molecule has 0 aliphatic heterocycles. The summed E-state index contributed by atoms with van der Waals surface area (Å²) < 4.78 is 11.1. The van der Waals surface area contributed by atoms with Gasteiger partial charge in [0.1, 0.15) is 15.0 Å². The molecule has 0 bridgehead atoms. The van der Waals surface area contributed by atoms with Gasteiger partial charge in [-0.2, -0.15) is 0 Å². The molecule has 0 radical (unpaired) electrons. The second-order valence-corrected chi connectivity index (χ2v) is 5.24. The molecule has 1 aromatic heterocycles. The summed E-state index contributed by atoms with van der Waals surface area (Å²) in [5, 5.41) is 0. The van der Waals surface area contributed by atoms with Crippen LogP contribution in [-0.2, 0) is 21.7 Å². The quantitative estimate of drug-likeness (QED) is 0.837. The number of aromatic nitrogens is 2. The van der Waals surface area contributed by atoms with Gasteiger partial charge < -0.3 is 14.5 Å². The van der Waals surface area contributed by atoms with Crippen molar-refractivity contribution >= 4 is 22.6 Å². The van der Waals surface area contributed by atoms with Crippen LogP contribution in [0.3, 0.4) is 0 Å². The minimum Gasteiger partial charge on any atom is -0.378 e. The Morgan fingerprint density at radius 3 is 2.65 bits per heavy atom. The molecule has 1 N–H and O–H groups in total. The van der Waals surface area contributed by atoms with Crippen molar-refractivity contribution in [3.05, 3.63) is 25.4 Å². The third-order valence-electron chi connectivity index (χ3n) is 3.20. The average Bonchev–Trinajstić information content (AvgIpc) is 2.24. The van der Waals surface area contributed by atoms with Crippen molar-refractivity contribution in [2.45, 2.75) is 31.5 Å². The Hall–Kier alpha value is -0.470. The molecule has 5 nitrogen and oxygen atoms in total. The molecule has 1 fully saturated rings. The molecule has 1 heterocycles. The minimum atomic E-state index is -0.397. The van der Waals surface area contributed by atoms with Crippen LogP contribution in [0.15, 0.2) is 4.79 Å². The predicted molar refractivity (Wildman–Crippen MR) is 70.8 cm³/mol. The summed E-state index contributed by atoms with van der Waals surface area (Å²) >= 11 is 1.99. The van der Waals surface area contributed by atoms with Crippen LogP contribution in [0.4, 0.5) is 0 Å². The number of rotatable bonds is 4. The molecule has 17 heavy (non-hydrogen) atoms. The molecule has 0 spiro atoms. The Kier molecular flexibility index (Phi) is 3.84. The van der Waals surface area contributed by atoms with Crippen molar-refractivity contribution in [2.24, 2.45) is 0 Å². The molecular weight excluding hydrogens is 335 g/mol. The lowest BCUT2D eigenvalue weighted by atomic mass is 9.79. The molecule has 0 unspecified atom stereocenters. The summed E-state index contributed by atoms with van der Waals surface area (Å²) in [4.78, 5) is 19.1. The first-order valence-electron chi connectivity index (χ1n) is 5.46. The van der Waals surface area contributed by atoms with Crippen LogP contribution in [-0.4, -0.2) is 24.2 Å². The van der Waals surface area contributed by atoms with Gasteiger partial charge in [0.25, 0.3) is 5.56 Å². The topological polar surface area (TPSA) is 64.2 Å². The zero-order valence-electron chi connectivity index (χ0n) is 9.88. The van der Waals surface area contributed by atoms with Crippen LogP contribution in [0.1, 0.15) is 30.8 Å². The number of nitrogens with zero attached hydrogens (tertiary/aromatic N) is 1. The van der Waals surface area contributed by atoms with E-state index in [1.54, 1.807) is 14.2 Å². The molecular formula is C11H15IN2O3. The highest BCUT2D eigenvalue weighted by molar-refractivity contribution is 14.1. The maximum atomic E-state index is 11.8. The molecule has 94 valence electrons. The van der Waals surface area contributed by atoms with Gasteiger partial charge in [0.15, 0.2) is 0 Å². The lowest BCUT2D eigenvalue weighted by molar-refractivity contribution is -0.0851. The summed E-state index contributed by atoms with van der Waals surface area (Å²) in [7, 11) is 3.25. The third-order valence-corrected chi connectivity index (χ3v) is 4.31. The summed E-state index contributed by atoms with van der Waals surface area (Å²) in [6, 6.07) is 0. The molecule has 1 saturated carbocycles. The number of methoxy groups -OCH3 is 2. The fraction of sp³-hybridized carbons (Fsp3) is 0.636. The van der Waals surface area contributed by atoms with Crippen molar-refractivity contribution in [1.29, 1.82) is 0 Å². The van der Waals surface area contributed by atoms with E-state index in [1.807, 2.05) is 22.6 Å². The highest BCUT2D eigenvalue weighted by Gasteiger charge is 2.41. The second kappa shape index (κ2) is 5.03. The van der Waals surface area contributed by atoms with E-state index < -0.39 is 5.60 Å². The standard InChI is InChI=1S/C11H15IN2O3/c1-16-6-7-8(12)9(15)14-10(13-7)11(17-2)4-3-5-11/h3-6H2,1-2H3,(H,13,14,15). The van der Waals surface area contributed by atoms with E-state index in [4.69, 9.17) is 9.47 Å². The lowest BCUT2D eigenvalue weighted by Gasteiger charge is -2.39. The Bertz CT molecular complexity index is 463. The largest absolute Gasteiger partial charge is 0.378 e. The van der Waals surface area contributed by atoms with E-state index in [2.05, 4.69) is 9.97 Å². The van der Waals surface area contributed by atoms with Gasteiger partial charge in [0.2, 0.25) is 0 Å². The number of hydrogen-bond donors (Lipinski definition) is 1. The monoisotopic (exact) mass is 350 g/mol. The number of nitrogens with one attached hydrogen (secondary N) is 1. The van der Waals surface area contributed by atoms with Crippen LogP contribution >= 0.6 is 22.6 Å². The minimum absolute atomic E-state index is 0.119. The van der Waals surface area contributed by atoms with Crippen molar-refractivity contribution in [3.8, 4) is 0 Å². The van der Waals surface area contributed by atoms with Gasteiger partial charge in [0, 0.05) is 14.2 Å². The van der Waals surface area contributed by atoms with E-state index in [-0.39, 0.29) is 5.56 Å². The summed E-state index contributed by atoms with van der Waals surface area (Å²) in [6.07, 6.45) is 2.90. The van der Waals surface area contributed by atoms with E-state index >= 15 is 0 Å². The predicted octanol–water partition coefficient (Wildman–Crippen LogP) is 1.55. The van der Waals surface area contributed by atoms with E-state index in [1.165, 1.54) is 0 Å². The Labute approximate surface area is 113 Å². The molecule has 1 aromatic rings. The maximum Gasteiger partial charge on any atom is 0.264 e. The lowest BCUT2D eigenvalue weighted by Crippen LogP contribution is -2.40. The van der Waals surface area contributed by atoms with Gasteiger partial charge in [-0.15, -0.1) is 0 Å². The summed E-state index contributed by atoms with van der Waals surface area (Å²) in [5.74, 6) is 0.628. The first-order chi connectivity index (χ1) is 8.13. The SMILES string of the molecule is COCc1nc(C2(OC)CCC2)[nH]c(=O)c1I. The second-order valence-electron chi connectivity index (χ2n) is 4.16. The summed E-state index contributed by atoms with van der Waals surface area (Å²) in [6.45, 7) is 0.342. The molecule has 1 aliphatic rings. The Balaban J connectivity index is 2.45. The normalized spacial score (nSPS) is 17.8. The number of hydrogen-bond acceptors (Lipinski definition) is 4. The van der Waals surface area contributed by atoms with Crippen molar-refractivity contribution in [2.75, 3.05) is 14.2 Å². The maximum absolute atomic E-state index is 11.8. The van der Waals surface area contributed by atoms with Crippen LogP contribution < -0.4 is 5.56 Å². The van der Waals surface area contributed by atoms with E-state index in [0.29, 0.717) is 21.7 Å². The van der Waals surface area contributed by atoms with E-state index in [9.17, 15) is 4.79 Å². The molecule has 1 aliphatic carbocycles. The van der Waals surface area contributed by atoms with Crippen molar-refractivity contribution in [3.63, 3.8) is 0 Å². The zero-order chi connectivity index (χ0) is 12.5. The van der Waals surface area contributed by atoms with E-state index in [0.717, 1.165) is 19.3 Å². The fourth-order valence-electron chi connectivity index (χ4n) is 1.99. The Morgan fingerprint density at radius 2 is 2.18 bits per heavy atom. The Morgan fingerprint density at radius 1 is 1.47 bits per heavy atom. The van der Waals surface area contributed by atoms with Crippen LogP contribution in [0.5, 0.6) is 0 Å². The average molecular weight is 350 g/mol. The number of halogens is 1. The van der Waals surface area contributed by atoms with Crippen molar-refractivity contribution < 1.29 is 9.47 Å². The highest BCUT2D eigenvalue weighted by atomic mass is 127. The van der Waals surface area contributed by atoms with Crippen LogP contribution in [0, 0.1) is 3.57 Å². The zero-order valence-corrected chi connectivity index (χ0v) is 12.0. The molecule has 0 amide bonds. The van der Waals surface area contributed by atoms with Crippen LogP contribution in [0.2, 0.25) is 0 Å². The van der Waals surface area contributed by atoms with Gasteiger partial charge in [-0.3, -0.25) is 4.79 Å². The molecule has 0 saturated heterocycles. The van der Waals surface area contributed by atoms with Crippen molar-refractivity contribution in [1.82, 2.24) is 9.97 Å². The first kappa shape index (κ1) is 13.0. The van der Waals surface area contributed by atoms with Gasteiger partial charge >= 0.3 is 0 Å². The first-order valence-corrected chi connectivity index (χ1v) is 6.54. The summed E-state index contributed by atoms with van der Waals surface area (Å²) in [5.41, 5.74) is 0.160. The molecule has 6 heteroatoms. The van der Waals surface area contributed by atoms with Crippen LogP contribution in [0.25, 0.3) is 0 Å². The molecule has 0 aromatic carbocycles. The smallest absolute Gasteiger partial charge is 0.264 e. The highest BCUT2D eigenvalue weighted by Crippen LogP contribution is 2.42. The number of aromatic amines is 1. The number of ether oxygens (including phenoxy) is 2. The molecule has 2 rings (SSSR count). The number of H-pyrrole nitrogens is 1.